The Balaban J connectivity index is 1.78. The molecule has 3 aromatic heterocycles. The van der Waals surface area contributed by atoms with Crippen molar-refractivity contribution >= 4 is 58.0 Å². The number of para-hydroxylation sites is 2. The van der Waals surface area contributed by atoms with E-state index in [1.54, 1.807) is 22.7 Å². The van der Waals surface area contributed by atoms with E-state index < -0.39 is 0 Å². The van der Waals surface area contributed by atoms with Crippen molar-refractivity contribution in [3.8, 4) is 0 Å². The Labute approximate surface area is 148 Å². The van der Waals surface area contributed by atoms with Gasteiger partial charge >= 0.3 is 0 Å². The largest absolute Gasteiger partial charge is 0.245 e. The summed E-state index contributed by atoms with van der Waals surface area (Å²) in [5.41, 5.74) is 3.60. The highest BCUT2D eigenvalue weighted by molar-refractivity contribution is 7.11. The first kappa shape index (κ1) is 15.0. The first-order valence-corrected chi connectivity index (χ1v) is 9.34. The Morgan fingerprint density at radius 1 is 0.583 bits per heavy atom. The highest BCUT2D eigenvalue weighted by Crippen LogP contribution is 2.20. The minimum Gasteiger partial charge on any atom is -0.245 e. The van der Waals surface area contributed by atoms with Gasteiger partial charge in [0.2, 0.25) is 0 Å². The van der Waals surface area contributed by atoms with E-state index >= 15 is 0 Å². The highest BCUT2D eigenvalue weighted by Gasteiger charge is 2.04. The number of hydrogen-bond donors (Lipinski definition) is 0. The minimum absolute atomic E-state index is 0.884. The summed E-state index contributed by atoms with van der Waals surface area (Å²) < 4.78 is 0. The Kier molecular flexibility index (Phi) is 4.32. The van der Waals surface area contributed by atoms with E-state index in [0.29, 0.717) is 0 Å². The van der Waals surface area contributed by atoms with Crippen molar-refractivity contribution in [3.05, 3.63) is 80.4 Å². The van der Waals surface area contributed by atoms with Crippen LogP contribution in [0.25, 0.3) is 35.3 Å². The predicted octanol–water partition coefficient (Wildman–Crippen LogP) is 6.09. The van der Waals surface area contributed by atoms with Crippen molar-refractivity contribution in [2.24, 2.45) is 0 Å². The molecule has 0 spiro atoms. The summed E-state index contributed by atoms with van der Waals surface area (Å²) in [7, 11) is 0. The summed E-state index contributed by atoms with van der Waals surface area (Å²) in [6.07, 6.45) is 8.26. The van der Waals surface area contributed by atoms with Gasteiger partial charge in [0.05, 0.1) is 22.4 Å². The summed E-state index contributed by atoms with van der Waals surface area (Å²) in [4.78, 5) is 12.0. The second-order valence-corrected chi connectivity index (χ2v) is 7.14. The molecule has 4 heteroatoms. The second kappa shape index (κ2) is 6.91. The summed E-state index contributed by atoms with van der Waals surface area (Å²) >= 11 is 3.42. The number of rotatable bonds is 4. The molecule has 3 heterocycles. The molecule has 0 saturated carbocycles. The quantitative estimate of drug-likeness (QED) is 0.446. The number of aromatic nitrogens is 2. The SMILES string of the molecule is C(=Cc1nc2ccccc2nc1C=Cc1cccs1)c1cccs1. The average molecular weight is 346 g/mol. The first-order chi connectivity index (χ1) is 11.9. The fraction of sp³-hybridized carbons (Fsp3) is 0. The number of fused-ring (bicyclic) bond motifs is 1. The molecular formula is C20H14N2S2. The highest BCUT2D eigenvalue weighted by atomic mass is 32.1. The fourth-order valence-electron chi connectivity index (χ4n) is 2.37. The Hall–Kier alpha value is -2.56. The van der Waals surface area contributed by atoms with Gasteiger partial charge in [0.1, 0.15) is 0 Å². The van der Waals surface area contributed by atoms with Gasteiger partial charge in [-0.1, -0.05) is 24.3 Å². The smallest absolute Gasteiger partial charge is 0.0895 e. The molecule has 0 saturated heterocycles. The van der Waals surface area contributed by atoms with E-state index in [1.807, 2.05) is 48.6 Å². The average Bonchev–Trinajstić information content (AvgIpc) is 3.31. The van der Waals surface area contributed by atoms with Crippen LogP contribution in [0, 0.1) is 0 Å². The van der Waals surface area contributed by atoms with Crippen LogP contribution in [0.15, 0.2) is 59.3 Å². The van der Waals surface area contributed by atoms with Crippen molar-refractivity contribution in [2.75, 3.05) is 0 Å². The van der Waals surface area contributed by atoms with E-state index in [2.05, 4.69) is 35.0 Å². The molecule has 116 valence electrons. The van der Waals surface area contributed by atoms with Crippen molar-refractivity contribution < 1.29 is 0 Å². The molecule has 0 atom stereocenters. The second-order valence-electron chi connectivity index (χ2n) is 5.18. The molecule has 2 nitrogen and oxygen atoms in total. The summed E-state index contributed by atoms with van der Waals surface area (Å²) in [5.74, 6) is 0. The molecule has 0 aliphatic carbocycles. The summed E-state index contributed by atoms with van der Waals surface area (Å²) in [5, 5.41) is 4.15. The Morgan fingerprint density at radius 2 is 1.08 bits per heavy atom. The van der Waals surface area contributed by atoms with Crippen molar-refractivity contribution in [1.82, 2.24) is 9.97 Å². The van der Waals surface area contributed by atoms with E-state index in [1.165, 1.54) is 9.75 Å². The van der Waals surface area contributed by atoms with Crippen LogP contribution < -0.4 is 0 Å². The third-order valence-electron chi connectivity index (χ3n) is 3.52. The van der Waals surface area contributed by atoms with Crippen LogP contribution in [0.1, 0.15) is 21.1 Å². The van der Waals surface area contributed by atoms with Gasteiger partial charge in [0.15, 0.2) is 0 Å². The van der Waals surface area contributed by atoms with Crippen molar-refractivity contribution in [2.45, 2.75) is 0 Å². The van der Waals surface area contributed by atoms with Gasteiger partial charge in [-0.15, -0.1) is 22.7 Å². The minimum atomic E-state index is 0.884. The van der Waals surface area contributed by atoms with E-state index in [-0.39, 0.29) is 0 Å². The van der Waals surface area contributed by atoms with E-state index in [4.69, 9.17) is 9.97 Å². The third-order valence-corrected chi connectivity index (χ3v) is 5.20. The number of nitrogens with zero attached hydrogens (tertiary/aromatic N) is 2. The van der Waals surface area contributed by atoms with Crippen LogP contribution in [-0.4, -0.2) is 9.97 Å². The predicted molar refractivity (Wildman–Crippen MR) is 106 cm³/mol. The molecule has 0 aliphatic rings. The molecular weight excluding hydrogens is 332 g/mol. The lowest BCUT2D eigenvalue weighted by Gasteiger charge is -2.03. The van der Waals surface area contributed by atoms with Gasteiger partial charge < -0.3 is 0 Å². The van der Waals surface area contributed by atoms with Crippen LogP contribution in [0.3, 0.4) is 0 Å². The van der Waals surface area contributed by atoms with Gasteiger partial charge in [-0.05, 0) is 59.3 Å². The summed E-state index contributed by atoms with van der Waals surface area (Å²) in [6, 6.07) is 16.3. The molecule has 0 unspecified atom stereocenters. The van der Waals surface area contributed by atoms with Crippen molar-refractivity contribution in [1.29, 1.82) is 0 Å². The van der Waals surface area contributed by atoms with Gasteiger partial charge in [-0.3, -0.25) is 0 Å². The molecule has 24 heavy (non-hydrogen) atoms. The maximum Gasteiger partial charge on any atom is 0.0895 e. The van der Waals surface area contributed by atoms with Gasteiger partial charge in [-0.25, -0.2) is 9.97 Å². The fourth-order valence-corrected chi connectivity index (χ4v) is 3.60. The van der Waals surface area contributed by atoms with Crippen molar-refractivity contribution in [3.63, 3.8) is 0 Å². The van der Waals surface area contributed by atoms with Crippen LogP contribution in [0.2, 0.25) is 0 Å². The first-order valence-electron chi connectivity index (χ1n) is 7.58. The number of thiophene rings is 2. The monoisotopic (exact) mass is 346 g/mol. The van der Waals surface area contributed by atoms with E-state index in [9.17, 15) is 0 Å². The zero-order chi connectivity index (χ0) is 16.2. The molecule has 0 aliphatic heterocycles. The van der Waals surface area contributed by atoms with Crippen LogP contribution in [0.5, 0.6) is 0 Å². The Morgan fingerprint density at radius 3 is 1.50 bits per heavy atom. The molecule has 0 amide bonds. The van der Waals surface area contributed by atoms with Crippen LogP contribution >= 0.6 is 22.7 Å². The van der Waals surface area contributed by atoms with Gasteiger partial charge in [0, 0.05) is 9.75 Å². The molecule has 0 fully saturated rings. The molecule has 0 bridgehead atoms. The lowest BCUT2D eigenvalue weighted by atomic mass is 10.2. The van der Waals surface area contributed by atoms with E-state index in [0.717, 1.165) is 22.4 Å². The number of benzene rings is 1. The topological polar surface area (TPSA) is 25.8 Å². The molecule has 4 aromatic rings. The maximum absolute atomic E-state index is 4.78. The molecule has 1 aromatic carbocycles. The molecule has 0 radical (unpaired) electrons. The Bertz CT molecular complexity index is 915. The zero-order valence-corrected chi connectivity index (χ0v) is 14.4. The van der Waals surface area contributed by atoms with Crippen LogP contribution in [-0.2, 0) is 0 Å². The van der Waals surface area contributed by atoms with Gasteiger partial charge in [-0.2, -0.15) is 0 Å². The lowest BCUT2D eigenvalue weighted by Crippen LogP contribution is -1.93. The van der Waals surface area contributed by atoms with Gasteiger partial charge in [0.25, 0.3) is 0 Å². The standard InChI is InChI=1S/C20H14N2S2/c1-2-8-18-17(7-1)21-19(11-9-15-5-3-13-23-15)20(22-18)12-10-16-6-4-14-24-16/h1-14H. The lowest BCUT2D eigenvalue weighted by molar-refractivity contribution is 1.24. The molecule has 0 N–H and O–H groups in total. The molecule has 4 rings (SSSR count). The van der Waals surface area contributed by atoms with Crippen LogP contribution in [0.4, 0.5) is 0 Å². The number of hydrogen-bond acceptors (Lipinski definition) is 4. The summed E-state index contributed by atoms with van der Waals surface area (Å²) in [6.45, 7) is 0. The zero-order valence-electron chi connectivity index (χ0n) is 12.8. The normalized spacial score (nSPS) is 11.8. The third kappa shape index (κ3) is 3.35. The maximum atomic E-state index is 4.78.